The van der Waals surface area contributed by atoms with Gasteiger partial charge in [-0.25, -0.2) is 4.98 Å². The first-order chi connectivity index (χ1) is 15.8. The molecule has 1 aliphatic heterocycles. The van der Waals surface area contributed by atoms with Gasteiger partial charge in [-0.3, -0.25) is 9.48 Å². The maximum absolute atomic E-state index is 13.1. The number of hydrogen-bond donors (Lipinski definition) is 2. The highest BCUT2D eigenvalue weighted by Gasteiger charge is 2.37. The summed E-state index contributed by atoms with van der Waals surface area (Å²) in [7, 11) is 1.94. The zero-order valence-corrected chi connectivity index (χ0v) is 19.1. The van der Waals surface area contributed by atoms with Crippen LogP contribution in [0.5, 0.6) is 0 Å². The Labute approximate surface area is 192 Å². The van der Waals surface area contributed by atoms with Gasteiger partial charge in [0, 0.05) is 54.4 Å². The van der Waals surface area contributed by atoms with Crippen LogP contribution in [-0.4, -0.2) is 60.3 Å². The fraction of sp³-hybridized carbons (Fsp3) is 0.320. The molecule has 1 fully saturated rings. The summed E-state index contributed by atoms with van der Waals surface area (Å²) < 4.78 is 3.86. The van der Waals surface area contributed by atoms with Crippen LogP contribution in [0.1, 0.15) is 28.2 Å². The number of aromatic nitrogens is 4. The summed E-state index contributed by atoms with van der Waals surface area (Å²) in [4.78, 5) is 19.6. The highest BCUT2D eigenvalue weighted by molar-refractivity contribution is 5.95. The summed E-state index contributed by atoms with van der Waals surface area (Å²) >= 11 is 0. The molecule has 1 aromatic carbocycles. The number of aliphatic hydroxyl groups is 1. The van der Waals surface area contributed by atoms with Crippen molar-refractivity contribution in [3.63, 3.8) is 0 Å². The van der Waals surface area contributed by atoms with Crippen molar-refractivity contribution < 1.29 is 9.90 Å². The van der Waals surface area contributed by atoms with Gasteiger partial charge in [0.25, 0.3) is 5.91 Å². The van der Waals surface area contributed by atoms with E-state index in [2.05, 4.69) is 24.2 Å². The van der Waals surface area contributed by atoms with Gasteiger partial charge in [0.05, 0.1) is 24.0 Å². The minimum atomic E-state index is -0.995. The fourth-order valence-corrected chi connectivity index (χ4v) is 4.62. The van der Waals surface area contributed by atoms with Gasteiger partial charge < -0.3 is 20.1 Å². The topological polar surface area (TPSA) is 102 Å². The summed E-state index contributed by atoms with van der Waals surface area (Å²) in [5.41, 5.74) is 12.1. The minimum absolute atomic E-state index is 0.115. The van der Waals surface area contributed by atoms with Crippen molar-refractivity contribution in [2.75, 3.05) is 19.6 Å². The van der Waals surface area contributed by atoms with Gasteiger partial charge in [0.1, 0.15) is 5.65 Å². The molecule has 3 N–H and O–H groups in total. The zero-order valence-electron chi connectivity index (χ0n) is 19.1. The van der Waals surface area contributed by atoms with Gasteiger partial charge in [-0.1, -0.05) is 24.3 Å². The van der Waals surface area contributed by atoms with E-state index in [1.165, 1.54) is 0 Å². The van der Waals surface area contributed by atoms with E-state index in [1.54, 1.807) is 4.90 Å². The van der Waals surface area contributed by atoms with Crippen LogP contribution < -0.4 is 5.73 Å². The molecule has 33 heavy (non-hydrogen) atoms. The molecule has 0 unspecified atom stereocenters. The van der Waals surface area contributed by atoms with Crippen LogP contribution in [0.15, 0.2) is 48.8 Å². The van der Waals surface area contributed by atoms with Crippen molar-refractivity contribution >= 4 is 11.6 Å². The predicted octanol–water partition coefficient (Wildman–Crippen LogP) is 2.55. The Morgan fingerprint density at radius 2 is 1.91 bits per heavy atom. The molecule has 8 nitrogen and oxygen atoms in total. The molecule has 0 bridgehead atoms. The van der Waals surface area contributed by atoms with Crippen molar-refractivity contribution in [1.82, 2.24) is 24.1 Å². The van der Waals surface area contributed by atoms with Crippen LogP contribution in [0.3, 0.4) is 0 Å². The van der Waals surface area contributed by atoms with E-state index in [4.69, 9.17) is 10.7 Å². The molecule has 0 saturated carbocycles. The molecule has 170 valence electrons. The van der Waals surface area contributed by atoms with Crippen LogP contribution in [0.2, 0.25) is 0 Å². The van der Waals surface area contributed by atoms with E-state index < -0.39 is 5.60 Å². The fourth-order valence-electron chi connectivity index (χ4n) is 4.62. The Hall–Kier alpha value is -3.49. The van der Waals surface area contributed by atoms with E-state index in [0.29, 0.717) is 24.2 Å². The van der Waals surface area contributed by atoms with Crippen LogP contribution in [0.25, 0.3) is 28.0 Å². The number of fused-ring (bicyclic) bond motifs is 1. The van der Waals surface area contributed by atoms with Gasteiger partial charge in [0.2, 0.25) is 0 Å². The van der Waals surface area contributed by atoms with Crippen molar-refractivity contribution in [3.8, 4) is 22.4 Å². The number of carbonyl (C=O) groups excluding carboxylic acids is 1. The van der Waals surface area contributed by atoms with Crippen LogP contribution in [0, 0.1) is 13.8 Å². The molecule has 4 heterocycles. The maximum Gasteiger partial charge on any atom is 0.254 e. The monoisotopic (exact) mass is 444 g/mol. The largest absolute Gasteiger partial charge is 0.387 e. The molecule has 1 amide bonds. The molecule has 0 spiro atoms. The first-order valence-electron chi connectivity index (χ1n) is 11.1. The number of amides is 1. The summed E-state index contributed by atoms with van der Waals surface area (Å²) in [6, 6.07) is 11.8. The second kappa shape index (κ2) is 7.83. The number of aryl methyl sites for hydroxylation is 2. The standard InChI is InChI=1S/C25H28N6O2/c1-16-21(13-27-29(16)3)19-6-4-5-7-20(19)23-17(2)31-10-8-18(12-22(31)28-23)24(32)30-11-9-25(33,14-26)15-30/h4-8,10,12-13,33H,9,11,14-15,26H2,1-3H3/t25-/m0/s1. The Morgan fingerprint density at radius 1 is 1.15 bits per heavy atom. The number of carbonyl (C=O) groups is 1. The molecule has 3 aromatic heterocycles. The lowest BCUT2D eigenvalue weighted by molar-refractivity contribution is 0.0507. The summed E-state index contributed by atoms with van der Waals surface area (Å²) in [5, 5.41) is 14.8. The Balaban J connectivity index is 1.54. The Morgan fingerprint density at radius 3 is 2.58 bits per heavy atom. The summed E-state index contributed by atoms with van der Waals surface area (Å²) in [6.45, 7) is 4.98. The molecule has 1 aliphatic rings. The number of benzene rings is 1. The Kier molecular flexibility index (Phi) is 5.07. The highest BCUT2D eigenvalue weighted by Crippen LogP contribution is 2.35. The average molecular weight is 445 g/mol. The van der Waals surface area contributed by atoms with Gasteiger partial charge >= 0.3 is 0 Å². The zero-order chi connectivity index (χ0) is 23.3. The number of pyridine rings is 1. The molecular formula is C25H28N6O2. The smallest absolute Gasteiger partial charge is 0.254 e. The van der Waals surface area contributed by atoms with E-state index in [-0.39, 0.29) is 19.0 Å². The van der Waals surface area contributed by atoms with Crippen molar-refractivity contribution in [1.29, 1.82) is 0 Å². The normalized spacial score (nSPS) is 18.4. The highest BCUT2D eigenvalue weighted by atomic mass is 16.3. The molecule has 0 aliphatic carbocycles. The minimum Gasteiger partial charge on any atom is -0.387 e. The number of rotatable bonds is 4. The van der Waals surface area contributed by atoms with Crippen molar-refractivity contribution in [2.24, 2.45) is 12.8 Å². The van der Waals surface area contributed by atoms with Crippen molar-refractivity contribution in [2.45, 2.75) is 25.9 Å². The SMILES string of the molecule is Cc1c(-c2ccccc2-c2nc3cc(C(=O)N4CC[C@](O)(CN)C4)ccn3c2C)cnn1C. The number of imidazole rings is 1. The van der Waals surface area contributed by atoms with Gasteiger partial charge in [0.15, 0.2) is 0 Å². The number of likely N-dealkylation sites (tertiary alicyclic amines) is 1. The number of nitrogens with two attached hydrogens (primary N) is 1. The third-order valence-corrected chi connectivity index (χ3v) is 6.82. The van der Waals surface area contributed by atoms with E-state index in [0.717, 1.165) is 33.8 Å². The molecule has 1 atom stereocenters. The molecule has 4 aromatic rings. The molecule has 8 heteroatoms. The van der Waals surface area contributed by atoms with E-state index in [1.807, 2.05) is 59.7 Å². The predicted molar refractivity (Wildman–Crippen MR) is 127 cm³/mol. The van der Waals surface area contributed by atoms with Crippen LogP contribution in [-0.2, 0) is 7.05 Å². The van der Waals surface area contributed by atoms with Crippen molar-refractivity contribution in [3.05, 3.63) is 65.7 Å². The Bertz CT molecular complexity index is 1370. The van der Waals surface area contributed by atoms with Gasteiger partial charge in [-0.05, 0) is 38.0 Å². The first kappa shape index (κ1) is 21.4. The molecule has 1 saturated heterocycles. The van der Waals surface area contributed by atoms with Crippen LogP contribution >= 0.6 is 0 Å². The molecular weight excluding hydrogens is 416 g/mol. The number of hydrogen-bond acceptors (Lipinski definition) is 5. The number of nitrogens with zero attached hydrogens (tertiary/aromatic N) is 5. The maximum atomic E-state index is 13.1. The third-order valence-electron chi connectivity index (χ3n) is 6.82. The van der Waals surface area contributed by atoms with E-state index >= 15 is 0 Å². The second-order valence-corrected chi connectivity index (χ2v) is 8.91. The molecule has 5 rings (SSSR count). The lowest BCUT2D eigenvalue weighted by atomic mass is 9.97. The third kappa shape index (κ3) is 3.51. The average Bonchev–Trinajstić information content (AvgIpc) is 3.49. The van der Waals surface area contributed by atoms with Gasteiger partial charge in [-0.2, -0.15) is 5.10 Å². The number of β-amino-alcohol motifs (C(OH)–C–C–N with tert-alkyl or cyclic N) is 1. The quantitative estimate of drug-likeness (QED) is 0.504. The molecule has 0 radical (unpaired) electrons. The first-order valence-corrected chi connectivity index (χ1v) is 11.1. The second-order valence-electron chi connectivity index (χ2n) is 8.91. The lowest BCUT2D eigenvalue weighted by Gasteiger charge is -2.21. The lowest BCUT2D eigenvalue weighted by Crippen LogP contribution is -2.41. The summed E-state index contributed by atoms with van der Waals surface area (Å²) in [6.07, 6.45) is 4.26. The van der Waals surface area contributed by atoms with Crippen LogP contribution in [0.4, 0.5) is 0 Å². The van der Waals surface area contributed by atoms with E-state index in [9.17, 15) is 9.90 Å². The summed E-state index contributed by atoms with van der Waals surface area (Å²) in [5.74, 6) is -0.115. The van der Waals surface area contributed by atoms with Gasteiger partial charge in [-0.15, -0.1) is 0 Å².